The summed E-state index contributed by atoms with van der Waals surface area (Å²) in [5, 5.41) is 7.04. The summed E-state index contributed by atoms with van der Waals surface area (Å²) in [4.78, 5) is 16.5. The molecule has 0 unspecified atom stereocenters. The largest absolute Gasteiger partial charge is 0.474 e. The third-order valence-corrected chi connectivity index (χ3v) is 5.91. The van der Waals surface area contributed by atoms with Crippen LogP contribution in [0, 0.1) is 0 Å². The second-order valence-corrected chi connectivity index (χ2v) is 8.82. The number of halogens is 6. The number of nitrogen functional groups attached to an aromatic ring is 1. The number of carbonyl (C=O) groups excluding carboxylic acids is 1. The van der Waals surface area contributed by atoms with Crippen LogP contribution >= 0.6 is 0 Å². The van der Waals surface area contributed by atoms with Crippen LogP contribution in [-0.2, 0) is 27.9 Å². The zero-order valence-corrected chi connectivity index (χ0v) is 19.9. The SMILES string of the molecule is C[C@@H]1CCCC(=O)C[C@](OCc2ccccc2)(C(F)(F)F)c2nnc(o2)-c2nc(c(C(F)(F)F)cc2N)O1. The average Bonchev–Trinajstić information content (AvgIpc) is 3.31. The Balaban J connectivity index is 1.87. The van der Waals surface area contributed by atoms with Crippen LogP contribution < -0.4 is 10.5 Å². The summed E-state index contributed by atoms with van der Waals surface area (Å²) in [7, 11) is 0. The number of anilines is 1. The van der Waals surface area contributed by atoms with Gasteiger partial charge in [0.2, 0.25) is 11.5 Å². The van der Waals surface area contributed by atoms with Crippen molar-refractivity contribution in [2.75, 3.05) is 5.73 Å². The van der Waals surface area contributed by atoms with Crippen LogP contribution in [0.5, 0.6) is 5.88 Å². The summed E-state index contributed by atoms with van der Waals surface area (Å²) in [6, 6.07) is 8.46. The first kappa shape index (κ1) is 27.4. The van der Waals surface area contributed by atoms with Crippen LogP contribution in [0.3, 0.4) is 0 Å². The maximum absolute atomic E-state index is 14.7. The third kappa shape index (κ3) is 5.59. The number of aromatic nitrogens is 3. The first-order valence-corrected chi connectivity index (χ1v) is 11.4. The predicted molar refractivity (Wildman–Crippen MR) is 119 cm³/mol. The van der Waals surface area contributed by atoms with Crippen molar-refractivity contribution < 1.29 is 45.0 Å². The molecule has 14 heteroatoms. The highest BCUT2D eigenvalue weighted by Crippen LogP contribution is 2.47. The Kier molecular flexibility index (Phi) is 7.37. The molecule has 1 aromatic carbocycles. The van der Waals surface area contributed by atoms with Crippen molar-refractivity contribution in [3.63, 3.8) is 0 Å². The van der Waals surface area contributed by atoms with Gasteiger partial charge in [-0.3, -0.25) is 4.79 Å². The molecule has 0 aliphatic carbocycles. The standard InChI is InChI=1S/C24H22F6N4O4/c1-13-6-5-9-15(35)11-22(24(28,29)30,36-12-14-7-3-2-4-8-14)21-34-33-20(38-21)18-17(31)10-16(23(25,26)27)19(32-18)37-13/h2-4,7-8,10,13H,5-6,9,11-12,31H2,1H3/t13-,22-/m1/s1. The lowest BCUT2D eigenvalue weighted by Gasteiger charge is -2.32. The number of nitrogens with zero attached hydrogens (tertiary/aromatic N) is 3. The molecule has 1 aliphatic heterocycles. The van der Waals surface area contributed by atoms with Crippen molar-refractivity contribution in [3.8, 4) is 17.5 Å². The van der Waals surface area contributed by atoms with E-state index in [4.69, 9.17) is 19.6 Å². The Morgan fingerprint density at radius 3 is 2.50 bits per heavy atom. The molecule has 2 aromatic heterocycles. The van der Waals surface area contributed by atoms with Gasteiger partial charge in [-0.25, -0.2) is 4.98 Å². The Morgan fingerprint density at radius 2 is 1.84 bits per heavy atom. The fraction of sp³-hybridized carbons (Fsp3) is 0.417. The topological polar surface area (TPSA) is 113 Å². The first-order valence-electron chi connectivity index (χ1n) is 11.4. The van der Waals surface area contributed by atoms with E-state index in [0.717, 1.165) is 0 Å². The minimum atomic E-state index is -5.20. The molecule has 8 nitrogen and oxygen atoms in total. The molecule has 0 fully saturated rings. The molecule has 2 atom stereocenters. The van der Waals surface area contributed by atoms with E-state index in [1.807, 2.05) is 0 Å². The van der Waals surface area contributed by atoms with Gasteiger partial charge < -0.3 is 19.6 Å². The van der Waals surface area contributed by atoms with E-state index in [9.17, 15) is 31.1 Å². The van der Waals surface area contributed by atoms with E-state index in [-0.39, 0.29) is 19.3 Å². The number of ether oxygens (including phenoxy) is 2. The van der Waals surface area contributed by atoms with Crippen molar-refractivity contribution in [1.29, 1.82) is 0 Å². The highest BCUT2D eigenvalue weighted by atomic mass is 19.4. The normalized spacial score (nSPS) is 21.0. The number of rotatable bonds is 3. The molecule has 3 heterocycles. The third-order valence-electron chi connectivity index (χ3n) is 5.91. The summed E-state index contributed by atoms with van der Waals surface area (Å²) in [5.41, 5.74) is 0.424. The maximum Gasteiger partial charge on any atom is 0.427 e. The van der Waals surface area contributed by atoms with Crippen molar-refractivity contribution in [1.82, 2.24) is 15.2 Å². The molecule has 4 bridgehead atoms. The zero-order chi connectivity index (χ0) is 27.7. The Hall–Kier alpha value is -3.68. The van der Waals surface area contributed by atoms with Gasteiger partial charge in [0.15, 0.2) is 5.69 Å². The minimum absolute atomic E-state index is 0.0326. The lowest BCUT2D eigenvalue weighted by atomic mass is 9.93. The number of ketones is 1. The van der Waals surface area contributed by atoms with E-state index < -0.39 is 77.5 Å². The van der Waals surface area contributed by atoms with Gasteiger partial charge in [-0.2, -0.15) is 26.3 Å². The Morgan fingerprint density at radius 1 is 1.13 bits per heavy atom. The van der Waals surface area contributed by atoms with Crippen molar-refractivity contribution >= 4 is 11.5 Å². The van der Waals surface area contributed by atoms with Gasteiger partial charge in [0.25, 0.3) is 11.8 Å². The Bertz CT molecular complexity index is 1300. The molecule has 1 aliphatic rings. The predicted octanol–water partition coefficient (Wildman–Crippen LogP) is 5.62. The smallest absolute Gasteiger partial charge is 0.427 e. The second-order valence-electron chi connectivity index (χ2n) is 8.82. The highest BCUT2D eigenvalue weighted by Gasteiger charge is 2.62. The molecule has 204 valence electrons. The van der Waals surface area contributed by atoms with E-state index >= 15 is 0 Å². The van der Waals surface area contributed by atoms with E-state index in [0.29, 0.717) is 11.6 Å². The van der Waals surface area contributed by atoms with Crippen LogP contribution in [0.1, 0.15) is 49.6 Å². The molecule has 4 rings (SSSR count). The lowest BCUT2D eigenvalue weighted by Crippen LogP contribution is -2.47. The summed E-state index contributed by atoms with van der Waals surface area (Å²) >= 11 is 0. The fourth-order valence-electron chi connectivity index (χ4n) is 3.93. The molecule has 2 N–H and O–H groups in total. The molecule has 0 saturated carbocycles. The summed E-state index contributed by atoms with van der Waals surface area (Å²) < 4.78 is 101. The van der Waals surface area contributed by atoms with Gasteiger partial charge in [0, 0.05) is 6.42 Å². The number of Topliss-reactive ketones (excluding diaryl/α,β-unsaturated/α-hetero) is 1. The summed E-state index contributed by atoms with van der Waals surface area (Å²) in [6.07, 6.45) is -12.4. The molecule has 3 aromatic rings. The molecular weight excluding hydrogens is 522 g/mol. The molecular formula is C24H22F6N4O4. The quantitative estimate of drug-likeness (QED) is 0.423. The van der Waals surface area contributed by atoms with Crippen LogP contribution in [-0.4, -0.2) is 33.2 Å². The number of pyridine rings is 1. The van der Waals surface area contributed by atoms with Crippen molar-refractivity contribution in [2.24, 2.45) is 0 Å². The van der Waals surface area contributed by atoms with Gasteiger partial charge in [-0.05, 0) is 31.4 Å². The number of nitrogens with two attached hydrogens (primary N) is 1. The number of hydrogen-bond acceptors (Lipinski definition) is 8. The molecule has 0 radical (unpaired) electrons. The number of carbonyl (C=O) groups is 1. The van der Waals surface area contributed by atoms with Gasteiger partial charge >= 0.3 is 12.4 Å². The van der Waals surface area contributed by atoms with Crippen LogP contribution in [0.15, 0.2) is 40.8 Å². The number of hydrogen-bond donors (Lipinski definition) is 1. The number of alkyl halides is 6. The van der Waals surface area contributed by atoms with Gasteiger partial charge in [0.1, 0.15) is 11.3 Å². The van der Waals surface area contributed by atoms with Crippen LogP contribution in [0.4, 0.5) is 32.0 Å². The maximum atomic E-state index is 14.7. The monoisotopic (exact) mass is 544 g/mol. The van der Waals surface area contributed by atoms with Crippen molar-refractivity contribution in [2.45, 2.75) is 63.3 Å². The molecule has 38 heavy (non-hydrogen) atoms. The lowest BCUT2D eigenvalue weighted by molar-refractivity contribution is -0.297. The number of fused-ring (bicyclic) bond motifs is 5. The second kappa shape index (κ2) is 10.2. The van der Waals surface area contributed by atoms with Crippen LogP contribution in [0.25, 0.3) is 11.6 Å². The van der Waals surface area contributed by atoms with Gasteiger partial charge in [0.05, 0.1) is 24.8 Å². The summed E-state index contributed by atoms with van der Waals surface area (Å²) in [5.74, 6) is -3.50. The molecule has 0 saturated heterocycles. The van der Waals surface area contributed by atoms with Gasteiger partial charge in [-0.1, -0.05) is 30.3 Å². The molecule has 0 spiro atoms. The van der Waals surface area contributed by atoms with Gasteiger partial charge in [-0.15, -0.1) is 10.2 Å². The first-order chi connectivity index (χ1) is 17.8. The highest BCUT2D eigenvalue weighted by molar-refractivity contribution is 5.79. The van der Waals surface area contributed by atoms with Crippen LogP contribution in [0.2, 0.25) is 0 Å². The van der Waals surface area contributed by atoms with Crippen molar-refractivity contribution in [3.05, 3.63) is 53.4 Å². The fourth-order valence-corrected chi connectivity index (χ4v) is 3.93. The molecule has 0 amide bonds. The minimum Gasteiger partial charge on any atom is -0.474 e. The van der Waals surface area contributed by atoms with E-state index in [2.05, 4.69) is 15.2 Å². The Labute approximate surface area is 212 Å². The zero-order valence-electron chi connectivity index (χ0n) is 19.9. The summed E-state index contributed by atoms with van der Waals surface area (Å²) in [6.45, 7) is 0.892. The number of benzene rings is 1. The van der Waals surface area contributed by atoms with E-state index in [1.54, 1.807) is 18.2 Å². The average molecular weight is 544 g/mol. The van der Waals surface area contributed by atoms with E-state index in [1.165, 1.54) is 19.1 Å².